The van der Waals surface area contributed by atoms with Crippen molar-refractivity contribution in [1.82, 2.24) is 0 Å². The van der Waals surface area contributed by atoms with Gasteiger partial charge in [0.25, 0.3) is 0 Å². The lowest BCUT2D eigenvalue weighted by atomic mass is 10.1. The highest BCUT2D eigenvalue weighted by atomic mass is 16.6. The summed E-state index contributed by atoms with van der Waals surface area (Å²) in [6.45, 7) is 6.38. The number of carbonyl (C=O) groups excluding carboxylic acids is 3. The van der Waals surface area contributed by atoms with Crippen LogP contribution in [-0.2, 0) is 28.6 Å². The molecule has 0 aliphatic rings. The first-order valence-electron chi connectivity index (χ1n) is 26.0. The molecule has 0 fully saturated rings. The van der Waals surface area contributed by atoms with E-state index in [1.54, 1.807) is 0 Å². The van der Waals surface area contributed by atoms with Crippen LogP contribution in [0.25, 0.3) is 0 Å². The minimum atomic E-state index is -0.804. The highest BCUT2D eigenvalue weighted by molar-refractivity contribution is 5.71. The summed E-state index contributed by atoms with van der Waals surface area (Å²) < 4.78 is 16.8. The van der Waals surface area contributed by atoms with E-state index < -0.39 is 6.10 Å². The van der Waals surface area contributed by atoms with Crippen molar-refractivity contribution in [2.24, 2.45) is 0 Å². The first kappa shape index (κ1) is 60.1. The minimum Gasteiger partial charge on any atom is -0.462 e. The molecule has 0 aromatic rings. The summed E-state index contributed by atoms with van der Waals surface area (Å²) >= 11 is 0. The van der Waals surface area contributed by atoms with Crippen LogP contribution in [0.15, 0.2) is 109 Å². The van der Waals surface area contributed by atoms with E-state index in [1.165, 1.54) is 57.8 Å². The molecule has 0 saturated carbocycles. The lowest BCUT2D eigenvalue weighted by Gasteiger charge is -2.18. The fourth-order valence-corrected chi connectivity index (χ4v) is 6.74. The van der Waals surface area contributed by atoms with E-state index in [0.717, 1.165) is 122 Å². The molecule has 6 nitrogen and oxygen atoms in total. The smallest absolute Gasteiger partial charge is 0.306 e. The van der Waals surface area contributed by atoms with Gasteiger partial charge in [-0.05, 0) is 89.9 Å². The zero-order valence-corrected chi connectivity index (χ0v) is 41.3. The summed E-state index contributed by atoms with van der Waals surface area (Å²) in [6, 6.07) is 0. The number of hydrogen-bond donors (Lipinski definition) is 0. The quantitative estimate of drug-likeness (QED) is 0.0262. The molecule has 0 N–H and O–H groups in total. The van der Waals surface area contributed by atoms with Crippen LogP contribution < -0.4 is 0 Å². The van der Waals surface area contributed by atoms with E-state index in [1.807, 2.05) is 0 Å². The summed E-state index contributed by atoms with van der Waals surface area (Å²) in [7, 11) is 0. The number of esters is 3. The lowest BCUT2D eigenvalue weighted by molar-refractivity contribution is -0.167. The molecule has 64 heavy (non-hydrogen) atoms. The molecule has 6 heteroatoms. The van der Waals surface area contributed by atoms with Gasteiger partial charge in [0.2, 0.25) is 0 Å². The van der Waals surface area contributed by atoms with E-state index in [-0.39, 0.29) is 31.1 Å². The van der Waals surface area contributed by atoms with Gasteiger partial charge in [0.1, 0.15) is 13.2 Å². The zero-order chi connectivity index (χ0) is 46.5. The van der Waals surface area contributed by atoms with Crippen molar-refractivity contribution in [3.63, 3.8) is 0 Å². The van der Waals surface area contributed by atoms with Crippen molar-refractivity contribution in [2.75, 3.05) is 13.2 Å². The van der Waals surface area contributed by atoms with E-state index >= 15 is 0 Å². The minimum absolute atomic E-state index is 0.104. The third-order valence-electron chi connectivity index (χ3n) is 10.7. The Labute approximate surface area is 393 Å². The Bertz CT molecular complexity index is 1340. The van der Waals surface area contributed by atoms with Crippen molar-refractivity contribution < 1.29 is 28.6 Å². The van der Waals surface area contributed by atoms with Crippen LogP contribution in [0.2, 0.25) is 0 Å². The van der Waals surface area contributed by atoms with Gasteiger partial charge in [0.15, 0.2) is 6.10 Å². The highest BCUT2D eigenvalue weighted by Gasteiger charge is 2.19. The predicted molar refractivity (Wildman–Crippen MR) is 274 cm³/mol. The molecule has 0 aliphatic heterocycles. The molecule has 0 heterocycles. The summed E-state index contributed by atoms with van der Waals surface area (Å²) in [5, 5.41) is 0. The van der Waals surface area contributed by atoms with Crippen molar-refractivity contribution in [1.29, 1.82) is 0 Å². The molecule has 0 aromatic carbocycles. The molecule has 0 amide bonds. The fraction of sp³-hybridized carbons (Fsp3) is 0.638. The van der Waals surface area contributed by atoms with Gasteiger partial charge in [-0.15, -0.1) is 0 Å². The second kappa shape index (κ2) is 51.7. The van der Waals surface area contributed by atoms with Gasteiger partial charge in [-0.1, -0.05) is 220 Å². The van der Waals surface area contributed by atoms with E-state index in [0.29, 0.717) is 19.3 Å². The third kappa shape index (κ3) is 49.1. The lowest BCUT2D eigenvalue weighted by Crippen LogP contribution is -2.30. The maximum Gasteiger partial charge on any atom is 0.306 e. The number of unbranched alkanes of at least 4 members (excludes halogenated alkanes) is 22. The van der Waals surface area contributed by atoms with Crippen molar-refractivity contribution in [3.8, 4) is 0 Å². The molecule has 0 radical (unpaired) electrons. The molecule has 1 unspecified atom stereocenters. The van der Waals surface area contributed by atoms with Crippen molar-refractivity contribution in [3.05, 3.63) is 109 Å². The first-order valence-corrected chi connectivity index (χ1v) is 26.0. The molecular formula is C58H94O6. The molecule has 0 saturated heterocycles. The Kier molecular flexibility index (Phi) is 48.5. The predicted octanol–water partition coefficient (Wildman–Crippen LogP) is 17.1. The third-order valence-corrected chi connectivity index (χ3v) is 10.7. The molecule has 1 atom stereocenters. The summed E-state index contributed by atoms with van der Waals surface area (Å²) in [5.41, 5.74) is 0. The van der Waals surface area contributed by atoms with Crippen LogP contribution in [0.3, 0.4) is 0 Å². The van der Waals surface area contributed by atoms with Gasteiger partial charge in [-0.3, -0.25) is 14.4 Å². The van der Waals surface area contributed by atoms with Gasteiger partial charge in [-0.2, -0.15) is 0 Å². The Balaban J connectivity index is 4.50. The van der Waals surface area contributed by atoms with Crippen LogP contribution in [-0.4, -0.2) is 37.2 Å². The Morgan fingerprint density at radius 1 is 0.328 bits per heavy atom. The maximum absolute atomic E-state index is 12.8. The van der Waals surface area contributed by atoms with Gasteiger partial charge in [0.05, 0.1) is 0 Å². The average Bonchev–Trinajstić information content (AvgIpc) is 3.29. The van der Waals surface area contributed by atoms with Crippen LogP contribution in [0.1, 0.15) is 220 Å². The van der Waals surface area contributed by atoms with Crippen molar-refractivity contribution >= 4 is 17.9 Å². The van der Waals surface area contributed by atoms with Crippen LogP contribution in [0.5, 0.6) is 0 Å². The largest absolute Gasteiger partial charge is 0.462 e. The second-order valence-electron chi connectivity index (χ2n) is 16.9. The standard InChI is InChI=1S/C58H94O6/c1-4-7-10-13-16-19-22-25-27-28-29-31-33-36-39-42-45-48-51-57(60)63-54-55(53-62-56(59)50-47-44-41-38-35-32-24-21-18-15-12-9-6-3)64-58(61)52-49-46-43-40-37-34-30-26-23-20-17-14-11-8-5-2/h9,12,15-29,31,55H,4-8,10-11,13-14,30,32-54H2,1-3H3/b12-9+,18-15+,19-16+,20-17+,24-21+,25-22+,26-23+,28-27+,31-29+. The Hall–Kier alpha value is -3.93. The number of allylic oxidation sites excluding steroid dienone is 18. The summed E-state index contributed by atoms with van der Waals surface area (Å²) in [6.07, 6.45) is 69.2. The number of carbonyl (C=O) groups is 3. The van der Waals surface area contributed by atoms with Gasteiger partial charge in [-0.25, -0.2) is 0 Å². The van der Waals surface area contributed by atoms with Gasteiger partial charge < -0.3 is 14.2 Å². The molecule has 0 aromatic heterocycles. The SMILES string of the molecule is CC/C=C/C=C/C=C/CCCCCCCC(=O)OCC(COC(=O)CCCCCCC/C=C/C=C/C=C/C=C/CCCCC)OC(=O)CCCCCCCC/C=C/C=C/CCCCC. The van der Waals surface area contributed by atoms with E-state index in [9.17, 15) is 14.4 Å². The van der Waals surface area contributed by atoms with Crippen LogP contribution in [0, 0.1) is 0 Å². The molecule has 0 rings (SSSR count). The molecular weight excluding hydrogens is 793 g/mol. The van der Waals surface area contributed by atoms with E-state index in [4.69, 9.17) is 14.2 Å². The zero-order valence-electron chi connectivity index (χ0n) is 41.3. The number of rotatable bonds is 45. The van der Waals surface area contributed by atoms with Gasteiger partial charge in [0, 0.05) is 19.3 Å². The normalized spacial score (nSPS) is 13.0. The summed E-state index contributed by atoms with van der Waals surface area (Å²) in [4.78, 5) is 38.0. The van der Waals surface area contributed by atoms with E-state index in [2.05, 4.69) is 130 Å². The van der Waals surface area contributed by atoms with Crippen molar-refractivity contribution in [2.45, 2.75) is 226 Å². The maximum atomic E-state index is 12.8. The Morgan fingerprint density at radius 2 is 0.609 bits per heavy atom. The topological polar surface area (TPSA) is 78.9 Å². The first-order chi connectivity index (χ1) is 31.5. The molecule has 0 aliphatic carbocycles. The fourth-order valence-electron chi connectivity index (χ4n) is 6.74. The Morgan fingerprint density at radius 3 is 0.969 bits per heavy atom. The number of ether oxygens (including phenoxy) is 3. The number of hydrogen-bond acceptors (Lipinski definition) is 6. The molecule has 0 bridgehead atoms. The highest BCUT2D eigenvalue weighted by Crippen LogP contribution is 2.13. The monoisotopic (exact) mass is 887 g/mol. The van der Waals surface area contributed by atoms with Gasteiger partial charge >= 0.3 is 17.9 Å². The average molecular weight is 887 g/mol. The van der Waals surface area contributed by atoms with Crippen LogP contribution in [0.4, 0.5) is 0 Å². The second-order valence-corrected chi connectivity index (χ2v) is 16.9. The van der Waals surface area contributed by atoms with Crippen LogP contribution >= 0.6 is 0 Å². The molecule has 0 spiro atoms. The summed E-state index contributed by atoms with van der Waals surface area (Å²) in [5.74, 6) is -0.962. The molecule has 362 valence electrons.